The Kier molecular flexibility index (Phi) is 0.461. The molecular weight excluding hydrogens is 88.2 g/mol. The number of hydrogen-bond donors (Lipinski definition) is 1. The molecule has 0 spiro atoms. The first-order valence-electron chi connectivity index (χ1n) is 0.952. The molecule has 1 aliphatic heterocycles. The fraction of sp³-hybridized carbons (Fsp3) is 0. The molecular formula is C2H2S2. The van der Waals surface area contributed by atoms with E-state index in [9.17, 15) is 0 Å². The van der Waals surface area contributed by atoms with Gasteiger partial charge >= 0.3 is 0 Å². The quantitative estimate of drug-likeness (QED) is 0.439. The summed E-state index contributed by atoms with van der Waals surface area (Å²) < 4.78 is 1.15. The fourth-order valence-electron chi connectivity index (χ4n) is 0.0264. The van der Waals surface area contributed by atoms with Crippen LogP contribution in [0.15, 0.2) is 9.65 Å². The van der Waals surface area contributed by atoms with Crippen molar-refractivity contribution in [1.29, 1.82) is 0 Å². The first-order valence-corrected chi connectivity index (χ1v) is 2.28. The summed E-state index contributed by atoms with van der Waals surface area (Å²) in [4.78, 5) is 0. The van der Waals surface area contributed by atoms with E-state index in [-0.39, 0.29) is 0 Å². The zero-order valence-corrected chi connectivity index (χ0v) is 3.64. The van der Waals surface area contributed by atoms with Gasteiger partial charge in [0.2, 0.25) is 0 Å². The van der Waals surface area contributed by atoms with Gasteiger partial charge < -0.3 is 0 Å². The highest BCUT2D eigenvalue weighted by molar-refractivity contribution is 8.24. The van der Waals surface area contributed by atoms with Crippen molar-refractivity contribution in [3.63, 3.8) is 0 Å². The van der Waals surface area contributed by atoms with E-state index in [0.29, 0.717) is 0 Å². The van der Waals surface area contributed by atoms with Gasteiger partial charge in [0.15, 0.2) is 0 Å². The van der Waals surface area contributed by atoms with Gasteiger partial charge in [-0.25, -0.2) is 0 Å². The Morgan fingerprint density at radius 2 is 2.25 bits per heavy atom. The monoisotopic (exact) mass is 90.0 g/mol. The summed E-state index contributed by atoms with van der Waals surface area (Å²) >= 11 is 5.58. The lowest BCUT2D eigenvalue weighted by atomic mass is 11.3. The second kappa shape index (κ2) is 0.692. The largest absolute Gasteiger partial charge is 0.136 e. The van der Waals surface area contributed by atoms with Gasteiger partial charge in [0, 0.05) is 4.24 Å². The fourth-order valence-corrected chi connectivity index (χ4v) is 0.237. The van der Waals surface area contributed by atoms with Gasteiger partial charge in [-0.3, -0.25) is 0 Å². The van der Waals surface area contributed by atoms with E-state index in [1.54, 1.807) is 11.8 Å². The van der Waals surface area contributed by atoms with Gasteiger partial charge in [0.1, 0.15) is 0 Å². The molecule has 0 bridgehead atoms. The zero-order valence-electron chi connectivity index (χ0n) is 1.93. The Labute approximate surface area is 34.7 Å². The molecule has 0 aromatic rings. The van der Waals surface area contributed by atoms with Crippen molar-refractivity contribution in [3.05, 3.63) is 9.65 Å². The Morgan fingerprint density at radius 3 is 2.25 bits per heavy atom. The maximum atomic E-state index is 3.90. The Bertz CT molecular complexity index is 55.1. The van der Waals surface area contributed by atoms with Crippen LogP contribution in [0.3, 0.4) is 0 Å². The predicted molar refractivity (Wildman–Crippen MR) is 24.7 cm³/mol. The molecule has 1 rings (SSSR count). The van der Waals surface area contributed by atoms with Gasteiger partial charge in [-0.05, 0) is 5.41 Å². The van der Waals surface area contributed by atoms with E-state index in [0.717, 1.165) is 4.24 Å². The average molecular weight is 90.2 g/mol. The lowest BCUT2D eigenvalue weighted by molar-refractivity contribution is 2.69. The summed E-state index contributed by atoms with van der Waals surface area (Å²) in [7, 11) is 0. The van der Waals surface area contributed by atoms with E-state index >= 15 is 0 Å². The summed E-state index contributed by atoms with van der Waals surface area (Å²) in [5.74, 6) is 0. The van der Waals surface area contributed by atoms with Crippen molar-refractivity contribution in [1.82, 2.24) is 0 Å². The topological polar surface area (TPSA) is 0 Å². The molecule has 0 atom stereocenters. The minimum atomic E-state index is 1.15. The molecule has 0 fully saturated rings. The summed E-state index contributed by atoms with van der Waals surface area (Å²) in [6, 6.07) is 0. The van der Waals surface area contributed by atoms with Crippen LogP contribution in [-0.4, -0.2) is 0 Å². The van der Waals surface area contributed by atoms with Crippen molar-refractivity contribution in [2.75, 3.05) is 0 Å². The van der Waals surface area contributed by atoms with Crippen molar-refractivity contribution >= 4 is 24.4 Å². The number of thiol groups is 1. The third-order valence-electron chi connectivity index (χ3n) is 0.223. The van der Waals surface area contributed by atoms with Crippen LogP contribution in [-0.2, 0) is 0 Å². The molecule has 1 aliphatic rings. The van der Waals surface area contributed by atoms with Gasteiger partial charge in [-0.1, -0.05) is 11.8 Å². The molecule has 22 valence electrons. The smallest absolute Gasteiger partial charge is 0.0480 e. The molecule has 0 saturated heterocycles. The number of thioether (sulfide) groups is 1. The van der Waals surface area contributed by atoms with E-state index in [4.69, 9.17) is 0 Å². The Hall–Kier alpha value is 0.440. The van der Waals surface area contributed by atoms with Crippen molar-refractivity contribution in [2.24, 2.45) is 0 Å². The average Bonchev–Trinajstić information content (AvgIpc) is 1.75. The summed E-state index contributed by atoms with van der Waals surface area (Å²) in [6.07, 6.45) is 0. The molecule has 0 aliphatic carbocycles. The van der Waals surface area contributed by atoms with Gasteiger partial charge in [-0.15, -0.1) is 12.6 Å². The number of rotatable bonds is 0. The van der Waals surface area contributed by atoms with Crippen LogP contribution in [0.1, 0.15) is 0 Å². The summed E-state index contributed by atoms with van der Waals surface area (Å²) in [5.41, 5.74) is 0. The molecule has 0 N–H and O–H groups in total. The lowest BCUT2D eigenvalue weighted by Gasteiger charge is -1.45. The van der Waals surface area contributed by atoms with Crippen molar-refractivity contribution in [2.45, 2.75) is 0 Å². The molecule has 0 unspecified atom stereocenters. The van der Waals surface area contributed by atoms with E-state index < -0.39 is 0 Å². The van der Waals surface area contributed by atoms with Crippen molar-refractivity contribution in [3.8, 4) is 0 Å². The normalized spacial score (nSPS) is 19.8. The standard InChI is InChI=1S/C2H2S2/c3-2-1-4-2/h1,3H. The minimum Gasteiger partial charge on any atom is -0.136 e. The molecule has 0 nitrogen and oxygen atoms in total. The predicted octanol–water partition coefficient (Wildman–Crippen LogP) is 1.46. The first-order chi connectivity index (χ1) is 1.89. The first kappa shape index (κ1) is 2.67. The second-order valence-electron chi connectivity index (χ2n) is 0.574. The molecule has 1 heterocycles. The minimum absolute atomic E-state index is 1.15. The highest BCUT2D eigenvalue weighted by Gasteiger charge is 1.97. The van der Waals surface area contributed by atoms with Crippen LogP contribution in [0.25, 0.3) is 0 Å². The third kappa shape index (κ3) is 0.428. The highest BCUT2D eigenvalue weighted by Crippen LogP contribution is 2.36. The molecule has 0 aromatic heterocycles. The van der Waals surface area contributed by atoms with Crippen LogP contribution in [0, 0.1) is 0 Å². The van der Waals surface area contributed by atoms with Crippen LogP contribution >= 0.6 is 24.4 Å². The van der Waals surface area contributed by atoms with Crippen LogP contribution in [0.2, 0.25) is 0 Å². The lowest BCUT2D eigenvalue weighted by Crippen LogP contribution is -1.05. The molecule has 4 heavy (non-hydrogen) atoms. The Morgan fingerprint density at radius 1 is 2.00 bits per heavy atom. The summed E-state index contributed by atoms with van der Waals surface area (Å²) in [6.45, 7) is 0. The van der Waals surface area contributed by atoms with E-state index in [2.05, 4.69) is 12.6 Å². The molecule has 2 heteroatoms. The van der Waals surface area contributed by atoms with Crippen LogP contribution in [0.4, 0.5) is 0 Å². The highest BCUT2D eigenvalue weighted by atomic mass is 32.2. The Balaban J connectivity index is 2.54. The molecule has 0 amide bonds. The van der Waals surface area contributed by atoms with Crippen molar-refractivity contribution < 1.29 is 0 Å². The van der Waals surface area contributed by atoms with Crippen LogP contribution < -0.4 is 0 Å². The molecule has 0 saturated carbocycles. The summed E-state index contributed by atoms with van der Waals surface area (Å²) in [5, 5.41) is 1.99. The third-order valence-corrected chi connectivity index (χ3v) is 1.30. The zero-order chi connectivity index (χ0) is 2.99. The number of hydrogen-bond acceptors (Lipinski definition) is 2. The molecule has 0 aromatic carbocycles. The van der Waals surface area contributed by atoms with Gasteiger partial charge in [0.25, 0.3) is 0 Å². The maximum Gasteiger partial charge on any atom is 0.0480 e. The van der Waals surface area contributed by atoms with Gasteiger partial charge in [0.05, 0.1) is 0 Å². The van der Waals surface area contributed by atoms with Gasteiger partial charge in [-0.2, -0.15) is 0 Å². The SMILES string of the molecule is SC1=CS1. The van der Waals surface area contributed by atoms with Crippen LogP contribution in [0.5, 0.6) is 0 Å². The van der Waals surface area contributed by atoms with E-state index in [1.807, 2.05) is 5.41 Å². The second-order valence-corrected chi connectivity index (χ2v) is 2.27. The maximum absolute atomic E-state index is 3.90. The van der Waals surface area contributed by atoms with E-state index in [1.165, 1.54) is 0 Å². The molecule has 0 radical (unpaired) electrons.